The van der Waals surface area contributed by atoms with Gasteiger partial charge in [0.15, 0.2) is 0 Å². The monoisotopic (exact) mass is 224 g/mol. The summed E-state index contributed by atoms with van der Waals surface area (Å²) in [6.07, 6.45) is 9.96. The van der Waals surface area contributed by atoms with Crippen molar-refractivity contribution in [3.05, 3.63) is 0 Å². The van der Waals surface area contributed by atoms with Crippen molar-refractivity contribution in [3.8, 4) is 0 Å². The molecule has 0 saturated heterocycles. The molecule has 2 saturated carbocycles. The van der Waals surface area contributed by atoms with E-state index in [-0.39, 0.29) is 0 Å². The molecule has 94 valence electrons. The Morgan fingerprint density at radius 1 is 1.19 bits per heavy atom. The van der Waals surface area contributed by atoms with Gasteiger partial charge in [-0.15, -0.1) is 0 Å². The molecule has 0 radical (unpaired) electrons. The SMILES string of the molecule is CCCNC(CN(C)C1CC1)C1CCCC1. The third-order valence-electron chi connectivity index (χ3n) is 4.28. The Kier molecular flexibility index (Phi) is 4.66. The predicted molar refractivity (Wildman–Crippen MR) is 69.7 cm³/mol. The van der Waals surface area contributed by atoms with Crippen LogP contribution in [-0.4, -0.2) is 37.1 Å². The summed E-state index contributed by atoms with van der Waals surface area (Å²) in [6, 6.07) is 1.67. The first-order valence-electron chi connectivity index (χ1n) is 7.25. The van der Waals surface area contributed by atoms with Crippen molar-refractivity contribution in [3.63, 3.8) is 0 Å². The van der Waals surface area contributed by atoms with Crippen molar-refractivity contribution in [1.29, 1.82) is 0 Å². The second-order valence-electron chi connectivity index (χ2n) is 5.78. The summed E-state index contributed by atoms with van der Waals surface area (Å²) >= 11 is 0. The van der Waals surface area contributed by atoms with Crippen molar-refractivity contribution in [2.45, 2.75) is 64.0 Å². The van der Waals surface area contributed by atoms with Gasteiger partial charge in [0, 0.05) is 18.6 Å². The van der Waals surface area contributed by atoms with Crippen LogP contribution in [0, 0.1) is 5.92 Å². The van der Waals surface area contributed by atoms with Crippen LogP contribution in [-0.2, 0) is 0 Å². The van der Waals surface area contributed by atoms with Crippen molar-refractivity contribution in [2.75, 3.05) is 20.1 Å². The molecule has 2 fully saturated rings. The lowest BCUT2D eigenvalue weighted by Crippen LogP contribution is -2.44. The summed E-state index contributed by atoms with van der Waals surface area (Å²) in [5.41, 5.74) is 0. The van der Waals surface area contributed by atoms with Gasteiger partial charge in [0.05, 0.1) is 0 Å². The minimum Gasteiger partial charge on any atom is -0.312 e. The Hall–Kier alpha value is -0.0800. The zero-order chi connectivity index (χ0) is 11.4. The minimum atomic E-state index is 0.757. The third-order valence-corrected chi connectivity index (χ3v) is 4.28. The van der Waals surface area contributed by atoms with E-state index in [4.69, 9.17) is 0 Å². The van der Waals surface area contributed by atoms with E-state index in [9.17, 15) is 0 Å². The first kappa shape index (κ1) is 12.4. The van der Waals surface area contributed by atoms with Crippen LogP contribution in [0.15, 0.2) is 0 Å². The molecule has 0 aromatic rings. The molecule has 0 amide bonds. The van der Waals surface area contributed by atoms with Crippen LogP contribution in [0.4, 0.5) is 0 Å². The Morgan fingerprint density at radius 3 is 2.44 bits per heavy atom. The molecule has 0 bridgehead atoms. The van der Waals surface area contributed by atoms with Gasteiger partial charge in [-0.1, -0.05) is 19.8 Å². The molecule has 0 heterocycles. The highest BCUT2D eigenvalue weighted by molar-refractivity contribution is 4.88. The fourth-order valence-corrected chi connectivity index (χ4v) is 3.04. The van der Waals surface area contributed by atoms with Crippen LogP contribution in [0.3, 0.4) is 0 Å². The summed E-state index contributed by atoms with van der Waals surface area (Å²) in [5.74, 6) is 0.952. The van der Waals surface area contributed by atoms with Gasteiger partial charge in [0.25, 0.3) is 0 Å². The van der Waals surface area contributed by atoms with E-state index in [2.05, 4.69) is 24.2 Å². The molecule has 0 aromatic carbocycles. The van der Waals surface area contributed by atoms with Crippen LogP contribution in [0.1, 0.15) is 51.9 Å². The summed E-state index contributed by atoms with van der Waals surface area (Å²) in [7, 11) is 2.31. The Labute approximate surface area is 101 Å². The third kappa shape index (κ3) is 3.46. The van der Waals surface area contributed by atoms with Gasteiger partial charge in [-0.3, -0.25) is 0 Å². The minimum absolute atomic E-state index is 0.757. The van der Waals surface area contributed by atoms with Gasteiger partial charge in [-0.05, 0) is 51.6 Å². The fourth-order valence-electron chi connectivity index (χ4n) is 3.04. The largest absolute Gasteiger partial charge is 0.312 e. The number of nitrogens with one attached hydrogen (secondary N) is 1. The molecule has 2 heteroatoms. The van der Waals surface area contributed by atoms with Crippen LogP contribution in [0.5, 0.6) is 0 Å². The molecule has 1 N–H and O–H groups in total. The molecule has 16 heavy (non-hydrogen) atoms. The fraction of sp³-hybridized carbons (Fsp3) is 1.00. The van der Waals surface area contributed by atoms with Crippen molar-refractivity contribution in [2.24, 2.45) is 5.92 Å². The topological polar surface area (TPSA) is 15.3 Å². The highest BCUT2D eigenvalue weighted by atomic mass is 15.2. The predicted octanol–water partition coefficient (Wildman–Crippen LogP) is 2.64. The summed E-state index contributed by atoms with van der Waals surface area (Å²) in [5, 5.41) is 3.78. The number of likely N-dealkylation sites (N-methyl/N-ethyl adjacent to an activating group) is 1. The molecule has 2 rings (SSSR count). The van der Waals surface area contributed by atoms with Crippen molar-refractivity contribution >= 4 is 0 Å². The van der Waals surface area contributed by atoms with Gasteiger partial charge in [0.2, 0.25) is 0 Å². The van der Waals surface area contributed by atoms with E-state index in [1.165, 1.54) is 58.0 Å². The molecule has 1 unspecified atom stereocenters. The van der Waals surface area contributed by atoms with E-state index in [1.807, 2.05) is 0 Å². The van der Waals surface area contributed by atoms with Gasteiger partial charge in [-0.2, -0.15) is 0 Å². The number of nitrogens with zero attached hydrogens (tertiary/aromatic N) is 1. The lowest BCUT2D eigenvalue weighted by Gasteiger charge is -2.29. The van der Waals surface area contributed by atoms with Crippen LogP contribution < -0.4 is 5.32 Å². The molecule has 2 nitrogen and oxygen atoms in total. The summed E-state index contributed by atoms with van der Waals surface area (Å²) in [6.45, 7) is 4.73. The quantitative estimate of drug-likeness (QED) is 0.715. The van der Waals surface area contributed by atoms with E-state index in [1.54, 1.807) is 0 Å². The average Bonchev–Trinajstić information content (AvgIpc) is 3.00. The van der Waals surface area contributed by atoms with Crippen molar-refractivity contribution < 1.29 is 0 Å². The van der Waals surface area contributed by atoms with Gasteiger partial charge >= 0.3 is 0 Å². The normalized spacial score (nSPS) is 24.2. The summed E-state index contributed by atoms with van der Waals surface area (Å²) in [4.78, 5) is 2.59. The van der Waals surface area contributed by atoms with E-state index in [0.29, 0.717) is 0 Å². The van der Waals surface area contributed by atoms with Crippen LogP contribution in [0.25, 0.3) is 0 Å². The van der Waals surface area contributed by atoms with Gasteiger partial charge < -0.3 is 10.2 Å². The molecule has 2 aliphatic rings. The zero-order valence-corrected chi connectivity index (χ0v) is 11.0. The van der Waals surface area contributed by atoms with E-state index < -0.39 is 0 Å². The smallest absolute Gasteiger partial charge is 0.0223 e. The molecule has 0 aliphatic heterocycles. The number of hydrogen-bond donors (Lipinski definition) is 1. The first-order valence-corrected chi connectivity index (χ1v) is 7.25. The van der Waals surface area contributed by atoms with Gasteiger partial charge in [0.1, 0.15) is 0 Å². The van der Waals surface area contributed by atoms with Crippen molar-refractivity contribution in [1.82, 2.24) is 10.2 Å². The number of rotatable bonds is 7. The Balaban J connectivity index is 1.79. The van der Waals surface area contributed by atoms with E-state index >= 15 is 0 Å². The van der Waals surface area contributed by atoms with Gasteiger partial charge in [-0.25, -0.2) is 0 Å². The number of hydrogen-bond acceptors (Lipinski definition) is 2. The van der Waals surface area contributed by atoms with Crippen LogP contribution >= 0.6 is 0 Å². The lowest BCUT2D eigenvalue weighted by atomic mass is 9.97. The maximum atomic E-state index is 3.78. The second-order valence-corrected chi connectivity index (χ2v) is 5.78. The molecule has 2 aliphatic carbocycles. The lowest BCUT2D eigenvalue weighted by molar-refractivity contribution is 0.234. The molecular formula is C14H28N2. The standard InChI is InChI=1S/C14H28N2/c1-3-10-15-14(12-6-4-5-7-12)11-16(2)13-8-9-13/h12-15H,3-11H2,1-2H3. The highest BCUT2D eigenvalue weighted by Gasteiger charge is 2.31. The Bertz CT molecular complexity index is 195. The van der Waals surface area contributed by atoms with Crippen LogP contribution in [0.2, 0.25) is 0 Å². The maximum Gasteiger partial charge on any atom is 0.0223 e. The Morgan fingerprint density at radius 2 is 1.88 bits per heavy atom. The highest BCUT2D eigenvalue weighted by Crippen LogP contribution is 2.30. The molecule has 0 aromatic heterocycles. The summed E-state index contributed by atoms with van der Waals surface area (Å²) < 4.78 is 0. The zero-order valence-electron chi connectivity index (χ0n) is 11.0. The second kappa shape index (κ2) is 6.02. The molecular weight excluding hydrogens is 196 g/mol. The average molecular weight is 224 g/mol. The first-order chi connectivity index (χ1) is 7.81. The molecule has 1 atom stereocenters. The maximum absolute atomic E-state index is 3.78. The molecule has 0 spiro atoms. The van der Waals surface area contributed by atoms with E-state index in [0.717, 1.165) is 18.0 Å².